The Hall–Kier alpha value is -2.39. The summed E-state index contributed by atoms with van der Waals surface area (Å²) in [6.45, 7) is 1.57. The van der Waals surface area contributed by atoms with Crippen LogP contribution < -0.4 is 4.90 Å². The van der Waals surface area contributed by atoms with Gasteiger partial charge in [-0.05, 0) is 40.5 Å². The number of nitrogens with zero attached hydrogens (tertiary/aromatic N) is 1. The number of methoxy groups -OCH3 is 2. The van der Waals surface area contributed by atoms with Gasteiger partial charge in [-0.3, -0.25) is 0 Å². The average Bonchev–Trinajstić information content (AvgIpc) is 2.59. The second-order valence-electron chi connectivity index (χ2n) is 5.14. The van der Waals surface area contributed by atoms with Crippen LogP contribution in [0, 0.1) is 6.92 Å². The molecule has 1 aromatic carbocycles. The van der Waals surface area contributed by atoms with E-state index in [9.17, 15) is 14.4 Å². The van der Waals surface area contributed by atoms with Crippen LogP contribution in [-0.2, 0) is 23.8 Å². The summed E-state index contributed by atoms with van der Waals surface area (Å²) in [6.07, 6.45) is 0. The van der Waals surface area contributed by atoms with Crippen LogP contribution in [0.5, 0.6) is 0 Å². The minimum atomic E-state index is -1.08. The fraction of sp³-hybridized carbons (Fsp3) is 0.312. The van der Waals surface area contributed by atoms with Crippen LogP contribution in [0.25, 0.3) is 0 Å². The molecular weight excluding hydrogens is 398 g/mol. The number of anilines is 1. The minimum Gasteiger partial charge on any atom is -0.478 e. The molecule has 2 rings (SSSR count). The summed E-state index contributed by atoms with van der Waals surface area (Å²) in [4.78, 5) is 36.9. The summed E-state index contributed by atoms with van der Waals surface area (Å²) in [5.41, 5.74) is 1.17. The van der Waals surface area contributed by atoms with Crippen LogP contribution in [0.15, 0.2) is 27.9 Å². The molecule has 9 heteroatoms. The Morgan fingerprint density at radius 3 is 2.36 bits per heavy atom. The monoisotopic (exact) mass is 413 g/mol. The molecule has 8 nitrogen and oxygen atoms in total. The lowest BCUT2D eigenvalue weighted by atomic mass is 10.1. The molecule has 0 atom stereocenters. The van der Waals surface area contributed by atoms with Crippen molar-refractivity contribution >= 4 is 39.5 Å². The van der Waals surface area contributed by atoms with Gasteiger partial charge in [0.25, 0.3) is 0 Å². The number of esters is 2. The molecule has 0 bridgehead atoms. The second kappa shape index (κ2) is 7.66. The summed E-state index contributed by atoms with van der Waals surface area (Å²) in [6, 6.07) is 2.87. The molecule has 25 heavy (non-hydrogen) atoms. The van der Waals surface area contributed by atoms with Gasteiger partial charge in [-0.15, -0.1) is 0 Å². The molecule has 0 aliphatic carbocycles. The molecule has 1 aliphatic rings. The molecular formula is C16H16BrNO7. The van der Waals surface area contributed by atoms with Gasteiger partial charge in [0.2, 0.25) is 0 Å². The Kier molecular flexibility index (Phi) is 5.81. The van der Waals surface area contributed by atoms with E-state index in [1.165, 1.54) is 31.3 Å². The third-order valence-electron chi connectivity index (χ3n) is 3.60. The molecule has 1 heterocycles. The minimum absolute atomic E-state index is 0.00697. The molecule has 0 unspecified atom stereocenters. The highest BCUT2D eigenvalue weighted by molar-refractivity contribution is 9.10. The van der Waals surface area contributed by atoms with Crippen molar-refractivity contribution in [1.82, 2.24) is 0 Å². The topological polar surface area (TPSA) is 102 Å². The molecule has 0 aromatic heterocycles. The molecule has 1 aliphatic heterocycles. The molecule has 0 saturated heterocycles. The number of carboxylic acids is 1. The first kappa shape index (κ1) is 18.9. The van der Waals surface area contributed by atoms with Crippen LogP contribution in [-0.4, -0.2) is 50.6 Å². The first-order valence-corrected chi connectivity index (χ1v) is 7.89. The van der Waals surface area contributed by atoms with E-state index in [-0.39, 0.29) is 30.2 Å². The molecule has 0 spiro atoms. The summed E-state index contributed by atoms with van der Waals surface area (Å²) in [5, 5.41) is 9.16. The normalized spacial score (nSPS) is 14.3. The first-order chi connectivity index (χ1) is 11.8. The van der Waals surface area contributed by atoms with Crippen molar-refractivity contribution in [2.75, 3.05) is 32.5 Å². The van der Waals surface area contributed by atoms with E-state index in [4.69, 9.17) is 19.3 Å². The third-order valence-corrected chi connectivity index (χ3v) is 4.21. The quantitative estimate of drug-likeness (QED) is 0.745. The van der Waals surface area contributed by atoms with Gasteiger partial charge in [-0.1, -0.05) is 0 Å². The zero-order valence-electron chi connectivity index (χ0n) is 13.8. The average molecular weight is 414 g/mol. The number of aromatic carboxylic acids is 1. The maximum Gasteiger partial charge on any atom is 0.355 e. The van der Waals surface area contributed by atoms with Crippen LogP contribution in [0.1, 0.15) is 15.9 Å². The number of carbonyl (C=O) groups is 3. The maximum absolute atomic E-state index is 12.3. The Morgan fingerprint density at radius 2 is 1.84 bits per heavy atom. The fourth-order valence-corrected chi connectivity index (χ4v) is 3.30. The predicted molar refractivity (Wildman–Crippen MR) is 90.2 cm³/mol. The lowest BCUT2D eigenvalue weighted by Gasteiger charge is -2.33. The van der Waals surface area contributed by atoms with E-state index in [1.54, 1.807) is 6.92 Å². The maximum atomic E-state index is 12.3. The third kappa shape index (κ3) is 3.67. The zero-order valence-corrected chi connectivity index (χ0v) is 15.4. The molecule has 0 amide bonds. The molecule has 0 fully saturated rings. The van der Waals surface area contributed by atoms with Gasteiger partial charge in [0.1, 0.15) is 12.4 Å². The van der Waals surface area contributed by atoms with Gasteiger partial charge in [0, 0.05) is 4.47 Å². The number of ether oxygens (including phenoxy) is 3. The summed E-state index contributed by atoms with van der Waals surface area (Å²) in [5.74, 6) is -2.51. The smallest absolute Gasteiger partial charge is 0.355 e. The summed E-state index contributed by atoms with van der Waals surface area (Å²) < 4.78 is 15.3. The van der Waals surface area contributed by atoms with Crippen LogP contribution >= 0.6 is 15.9 Å². The Bertz CT molecular complexity index is 749. The van der Waals surface area contributed by atoms with E-state index < -0.39 is 17.9 Å². The van der Waals surface area contributed by atoms with Gasteiger partial charge in [-0.25, -0.2) is 14.4 Å². The summed E-state index contributed by atoms with van der Waals surface area (Å²) >= 11 is 3.32. The van der Waals surface area contributed by atoms with Gasteiger partial charge in [-0.2, -0.15) is 0 Å². The lowest BCUT2D eigenvalue weighted by molar-refractivity contribution is -0.140. The number of hydrogen-bond acceptors (Lipinski definition) is 7. The molecule has 0 radical (unpaired) electrons. The van der Waals surface area contributed by atoms with E-state index in [0.29, 0.717) is 15.7 Å². The highest BCUT2D eigenvalue weighted by atomic mass is 79.9. The Labute approximate surface area is 152 Å². The predicted octanol–water partition coefficient (Wildman–Crippen LogP) is 1.85. The Morgan fingerprint density at radius 1 is 1.20 bits per heavy atom. The molecule has 134 valence electrons. The number of benzene rings is 1. The van der Waals surface area contributed by atoms with Crippen molar-refractivity contribution in [1.29, 1.82) is 0 Å². The van der Waals surface area contributed by atoms with Crippen molar-refractivity contribution in [2.24, 2.45) is 0 Å². The van der Waals surface area contributed by atoms with Crippen LogP contribution in [0.2, 0.25) is 0 Å². The highest BCUT2D eigenvalue weighted by Crippen LogP contribution is 2.36. The number of hydrogen-bond donors (Lipinski definition) is 1. The van der Waals surface area contributed by atoms with Gasteiger partial charge >= 0.3 is 17.9 Å². The number of rotatable bonds is 4. The van der Waals surface area contributed by atoms with E-state index in [1.807, 2.05) is 0 Å². The van der Waals surface area contributed by atoms with Crippen molar-refractivity contribution in [2.45, 2.75) is 6.92 Å². The second-order valence-corrected chi connectivity index (χ2v) is 6.00. The zero-order chi connectivity index (χ0) is 18.7. The largest absolute Gasteiger partial charge is 0.478 e. The van der Waals surface area contributed by atoms with Crippen molar-refractivity contribution in [3.63, 3.8) is 0 Å². The number of carbonyl (C=O) groups excluding carboxylic acids is 2. The van der Waals surface area contributed by atoms with E-state index in [2.05, 4.69) is 15.9 Å². The summed E-state index contributed by atoms with van der Waals surface area (Å²) in [7, 11) is 2.40. The van der Waals surface area contributed by atoms with E-state index >= 15 is 0 Å². The highest BCUT2D eigenvalue weighted by Gasteiger charge is 2.34. The van der Waals surface area contributed by atoms with Crippen LogP contribution in [0.3, 0.4) is 0 Å². The van der Waals surface area contributed by atoms with Gasteiger partial charge < -0.3 is 24.2 Å². The van der Waals surface area contributed by atoms with Crippen molar-refractivity contribution < 1.29 is 33.7 Å². The van der Waals surface area contributed by atoms with Crippen molar-refractivity contribution in [3.05, 3.63) is 39.0 Å². The number of halogens is 1. The van der Waals surface area contributed by atoms with Gasteiger partial charge in [0.15, 0.2) is 0 Å². The van der Waals surface area contributed by atoms with E-state index in [0.717, 1.165) is 0 Å². The van der Waals surface area contributed by atoms with Gasteiger partial charge in [0.05, 0.1) is 37.7 Å². The standard InChI is InChI=1S/C16H16BrNO7/c1-8-4-9(14(19)20)5-11(17)12(8)18-7-25-6-10(15(21)23-2)13(18)16(22)24-3/h4-5H,6-7H2,1-3H3,(H,19,20). The first-order valence-electron chi connectivity index (χ1n) is 7.10. The number of aryl methyl sites for hydroxylation is 1. The van der Waals surface area contributed by atoms with Crippen LogP contribution in [0.4, 0.5) is 5.69 Å². The Balaban J connectivity index is 2.66. The molecule has 1 aromatic rings. The van der Waals surface area contributed by atoms with Crippen molar-refractivity contribution in [3.8, 4) is 0 Å². The fourth-order valence-electron chi connectivity index (χ4n) is 2.52. The lowest BCUT2D eigenvalue weighted by Crippen LogP contribution is -2.39. The number of carboxylic acid groups (broad SMARTS) is 1. The molecule has 1 N–H and O–H groups in total. The molecule has 0 saturated carbocycles. The SMILES string of the molecule is COC(=O)C1=C(C(=O)OC)N(c2c(C)cc(C(=O)O)cc2Br)COC1.